The summed E-state index contributed by atoms with van der Waals surface area (Å²) < 4.78 is 5.80. The van der Waals surface area contributed by atoms with Gasteiger partial charge in [0.05, 0.1) is 44.9 Å². The number of phenols is 1. The number of nitrogens with zero attached hydrogens (tertiary/aromatic N) is 6. The van der Waals surface area contributed by atoms with E-state index in [1.807, 2.05) is 13.8 Å². The summed E-state index contributed by atoms with van der Waals surface area (Å²) in [7, 11) is 3.90. The summed E-state index contributed by atoms with van der Waals surface area (Å²) in [5.41, 5.74) is 19.7. The number of rotatable bonds is 23. The van der Waals surface area contributed by atoms with Crippen molar-refractivity contribution in [2.45, 2.75) is 209 Å². The maximum absolute atomic E-state index is 15.6. The molecule has 3 saturated heterocycles. The summed E-state index contributed by atoms with van der Waals surface area (Å²) in [5, 5.41) is 48.6. The molecule has 9 rings (SSSR count). The van der Waals surface area contributed by atoms with Crippen LogP contribution in [-0.2, 0) is 117 Å². The number of hydrogen-bond donors (Lipinski definition) is 18. The summed E-state index contributed by atoms with van der Waals surface area (Å²) >= 11 is 0.774. The van der Waals surface area contributed by atoms with Crippen molar-refractivity contribution < 1.29 is 101 Å². The minimum atomic E-state index is -1.89. The van der Waals surface area contributed by atoms with Crippen molar-refractivity contribution >= 4 is 140 Å². The highest BCUT2D eigenvalue weighted by Crippen LogP contribution is 2.27. The first-order valence-corrected chi connectivity index (χ1v) is 44.5. The fraction of sp³-hybridized carbons (Fsp3) is 0.506. The Balaban J connectivity index is 1.08. The van der Waals surface area contributed by atoms with Gasteiger partial charge in [0.2, 0.25) is 106 Å². The van der Waals surface area contributed by atoms with Crippen LogP contribution in [-0.4, -0.2) is 318 Å². The monoisotopic (exact) mass is 1840 g/mol. The van der Waals surface area contributed by atoms with Gasteiger partial charge in [-0.15, -0.1) is 11.8 Å². The third-order valence-corrected chi connectivity index (χ3v) is 24.3. The van der Waals surface area contributed by atoms with E-state index in [2.05, 4.69) is 73.1 Å². The number of hydrogen-bond acceptors (Lipinski definition) is 23. The van der Waals surface area contributed by atoms with Gasteiger partial charge < -0.3 is 125 Å². The average molecular weight is 1840 g/mol. The molecule has 6 heterocycles. The smallest absolute Gasteiger partial charge is 0.246 e. The fourth-order valence-electron chi connectivity index (χ4n) is 15.8. The van der Waals surface area contributed by atoms with Gasteiger partial charge in [0.25, 0.3) is 0 Å². The van der Waals surface area contributed by atoms with Crippen molar-refractivity contribution in [3.63, 3.8) is 0 Å². The van der Waals surface area contributed by atoms with Crippen LogP contribution in [0.1, 0.15) is 121 Å². The average Bonchev–Trinajstić information content (AvgIpc) is 1.75. The number of carbonyl (C=O) groups excluding carboxylic acids is 18. The molecule has 3 fully saturated rings. The summed E-state index contributed by atoms with van der Waals surface area (Å²) in [6.45, 7) is 3.26. The lowest BCUT2D eigenvalue weighted by Crippen LogP contribution is -2.64. The molecule has 0 bridgehead atoms. The van der Waals surface area contributed by atoms with E-state index >= 15 is 33.6 Å². The van der Waals surface area contributed by atoms with Gasteiger partial charge in [-0.1, -0.05) is 88.1 Å². The maximum atomic E-state index is 15.6. The van der Waals surface area contributed by atoms with Crippen LogP contribution in [0.25, 0.3) is 21.8 Å². The number of carbonyl (C=O) groups is 18. The van der Waals surface area contributed by atoms with Crippen LogP contribution in [0.4, 0.5) is 0 Å². The first kappa shape index (κ1) is 101. The predicted octanol–water partition coefficient (Wildman–Crippen LogP) is -3.69. The molecule has 0 spiro atoms. The molecular weight excluding hydrogens is 1720 g/mol. The molecule has 44 heteroatoms. The number of aromatic nitrogens is 4. The molecule has 3 aromatic carbocycles. The molecule has 0 unspecified atom stereocenters. The Hall–Kier alpha value is -13.5. The molecule has 0 saturated carbocycles. The van der Waals surface area contributed by atoms with Gasteiger partial charge in [0, 0.05) is 118 Å². The molecule has 3 aromatic heterocycles. The highest BCUT2D eigenvalue weighted by molar-refractivity contribution is 8.00. The molecule has 18 amide bonds. The maximum Gasteiger partial charge on any atom is 0.246 e. The number of phenolic OH excluding ortho intramolecular Hbond substituents is 1. The molecular formula is C87H118N22O21S. The molecule has 3 aliphatic heterocycles. The number of morpholine rings is 1. The number of nitrogens with two attached hydrogens (primary N) is 3. The molecule has 43 nitrogen and oxygen atoms in total. The highest BCUT2D eigenvalue weighted by Gasteiger charge is 2.45. The van der Waals surface area contributed by atoms with Crippen LogP contribution in [0.15, 0.2) is 97.7 Å². The Morgan fingerprint density at radius 3 is 1.67 bits per heavy atom. The van der Waals surface area contributed by atoms with Gasteiger partial charge in [-0.25, -0.2) is 4.98 Å². The zero-order chi connectivity index (χ0) is 95.4. The van der Waals surface area contributed by atoms with Crippen LogP contribution in [0.2, 0.25) is 0 Å². The van der Waals surface area contributed by atoms with Crippen molar-refractivity contribution in [3.05, 3.63) is 120 Å². The minimum absolute atomic E-state index is 0.00981. The second kappa shape index (κ2) is 48.2. The molecule has 131 heavy (non-hydrogen) atoms. The Morgan fingerprint density at radius 1 is 0.527 bits per heavy atom. The van der Waals surface area contributed by atoms with E-state index in [0.29, 0.717) is 64.2 Å². The minimum Gasteiger partial charge on any atom is -0.508 e. The summed E-state index contributed by atoms with van der Waals surface area (Å²) in [4.78, 5) is 279. The number of para-hydroxylation sites is 2. The van der Waals surface area contributed by atoms with E-state index in [0.717, 1.165) is 36.3 Å². The van der Waals surface area contributed by atoms with Gasteiger partial charge in [-0.05, 0) is 86.9 Å². The molecule has 0 aliphatic carbocycles. The fourth-order valence-corrected chi connectivity index (χ4v) is 16.6. The Labute approximate surface area is 758 Å². The topological polar surface area (TPSA) is 632 Å². The van der Waals surface area contributed by atoms with Crippen LogP contribution in [0.5, 0.6) is 5.75 Å². The first-order valence-electron chi connectivity index (χ1n) is 43.4. The van der Waals surface area contributed by atoms with E-state index in [9.17, 15) is 63.0 Å². The van der Waals surface area contributed by atoms with Gasteiger partial charge in [0.1, 0.15) is 90.3 Å². The van der Waals surface area contributed by atoms with Crippen LogP contribution in [0.3, 0.4) is 0 Å². The third-order valence-electron chi connectivity index (χ3n) is 23.3. The number of nitrogens with one attached hydrogen (secondary N) is 13. The molecule has 708 valence electrons. The van der Waals surface area contributed by atoms with Gasteiger partial charge in [-0.2, -0.15) is 0 Å². The number of H-pyrrole nitrogens is 3. The number of amides is 18. The van der Waals surface area contributed by atoms with Crippen molar-refractivity contribution in [2.75, 3.05) is 72.1 Å². The Morgan fingerprint density at radius 2 is 1.07 bits per heavy atom. The number of ether oxygens (including phenoxy) is 1. The van der Waals surface area contributed by atoms with Crippen LogP contribution >= 0.6 is 11.8 Å². The van der Waals surface area contributed by atoms with E-state index in [-0.39, 0.29) is 82.5 Å². The summed E-state index contributed by atoms with van der Waals surface area (Å²) in [6, 6.07) is -2.46. The highest BCUT2D eigenvalue weighted by atomic mass is 32.2. The standard InChI is InChI=1S/C87H118N22O21S/c1-8-10-21-66-80(122)96-47(3)74(116)104-65(76(118)94-41-72(90)114)44-131-45-73(115)97-61(33-49-24-26-53(111)27-25-49)83(125)105(5)48(4)75(117)101-63(37-71(89)113)86(128)108-30-16-23-67(108)81(123)100-60(36-52-40-91-46-95-52)78(120)98-58(28-29-70(88)112)85(127)109-31-32-130-43-69(109)82(124)99-59(34-50-38-92-56-19-14-12-17-54(50)56)77(119)103-64(42-110)79(121)102-62(35-51-39-93-57-20-15-13-18-55(51)57)84(126)107(7)68(22-11-9-2)87(129)106(66)6/h12-15,17-20,24-27,38-40,46-48,58-69,92-93,110-111H,8-11,16,21-23,28-37,41-45H2,1-7H3,(H2,88,112)(H2,89,113)(H2,90,114)(H,91,95)(H,94,118)(H,96,122)(H,97,115)(H,98,120)(H,99,124)(H,100,123)(H,101,117)(H,102,121)(H,103,119)(H,104,116)/t47-,48-,58-,59-,60-,61+,62-,63-,64+,65-,66-,67-,68-,69-/m0/s1. The van der Waals surface area contributed by atoms with Gasteiger partial charge in [-0.3, -0.25) is 86.3 Å². The number of benzene rings is 3. The second-order valence-electron chi connectivity index (χ2n) is 32.8. The van der Waals surface area contributed by atoms with Crippen LogP contribution < -0.4 is 70.4 Å². The number of likely N-dealkylation sites (N-methyl/N-ethyl adjacent to an activating group) is 3. The number of unbranched alkanes of at least 4 members (excludes halogenated alkanes) is 2. The SMILES string of the molecule is CCCC[C@H]1C(=O)N(C)[C@@H](CCCC)C(=O)N[C@@H](C)C(=O)N[C@H](C(=O)NCC(N)=O)CSCC(=O)N[C@H](Cc2ccc(O)cc2)C(=O)N(C)[C@@H](C)C(=O)N[C@@H](CC(N)=O)C(=O)N2CCC[C@H]2C(=O)N[C@@H](Cc2cnc[nH]2)C(=O)N[C@@H](CCC(N)=O)C(=O)N2CCOC[C@H]2C(=O)N[C@@H](Cc2c[nH]c3ccccc23)C(=O)N[C@H](CO)C(=O)N[C@@H](Cc2c[nH]c3ccccc23)C(=O)N1C. The number of primary amides is 3. The van der Waals surface area contributed by atoms with Crippen molar-refractivity contribution in [2.24, 2.45) is 17.2 Å². The molecule has 21 N–H and O–H groups in total. The predicted molar refractivity (Wildman–Crippen MR) is 475 cm³/mol. The number of aliphatic hydroxyl groups is 1. The molecule has 14 atom stereocenters. The van der Waals surface area contributed by atoms with E-state index in [1.165, 1.54) is 71.8 Å². The van der Waals surface area contributed by atoms with Gasteiger partial charge in [0.15, 0.2) is 0 Å². The number of thioether (sulfide) groups is 1. The number of aliphatic hydroxyl groups excluding tert-OH is 1. The Bertz CT molecular complexity index is 5110. The molecule has 3 aliphatic rings. The van der Waals surface area contributed by atoms with Crippen molar-refractivity contribution in [1.82, 2.24) is 97.6 Å². The van der Waals surface area contributed by atoms with Crippen LogP contribution in [0, 0.1) is 0 Å². The van der Waals surface area contributed by atoms with E-state index < -0.39 is 241 Å². The largest absolute Gasteiger partial charge is 0.508 e. The normalized spacial score (nSPS) is 24.7. The zero-order valence-electron chi connectivity index (χ0n) is 74.1. The van der Waals surface area contributed by atoms with Crippen molar-refractivity contribution in [3.8, 4) is 5.75 Å². The Kier molecular flexibility index (Phi) is 37.3. The first-order chi connectivity index (χ1) is 62.5. The number of aromatic hydroxyl groups is 1. The van der Waals surface area contributed by atoms with Gasteiger partial charge >= 0.3 is 0 Å². The third kappa shape index (κ3) is 27.8. The molecule has 6 aromatic rings. The quantitative estimate of drug-likeness (QED) is 0.0294. The summed E-state index contributed by atoms with van der Waals surface area (Å²) in [6.07, 6.45) is 4.63. The zero-order valence-corrected chi connectivity index (χ0v) is 74.9. The van der Waals surface area contributed by atoms with Crippen molar-refractivity contribution in [1.29, 1.82) is 0 Å². The number of fused-ring (bicyclic) bond motifs is 4. The lowest BCUT2D eigenvalue weighted by atomic mass is 10.00. The second-order valence-corrected chi connectivity index (χ2v) is 33.8. The number of imidazole rings is 1. The number of aromatic amines is 3. The van der Waals surface area contributed by atoms with E-state index in [4.69, 9.17) is 21.9 Å². The summed E-state index contributed by atoms with van der Waals surface area (Å²) in [5.74, 6) is -18.3. The van der Waals surface area contributed by atoms with E-state index in [1.54, 1.807) is 60.9 Å². The lowest BCUT2D eigenvalue weighted by Gasteiger charge is -2.37. The lowest BCUT2D eigenvalue weighted by molar-refractivity contribution is -0.152. The molecule has 0 radical (unpaired) electrons.